The van der Waals surface area contributed by atoms with E-state index >= 15 is 0 Å². The first-order chi connectivity index (χ1) is 37.3. The van der Waals surface area contributed by atoms with Gasteiger partial charge in [0.1, 0.15) is 29.4 Å². The molecular formula is C59H65N6O11P. The van der Waals surface area contributed by atoms with E-state index in [1.54, 1.807) is 56.7 Å². The van der Waals surface area contributed by atoms with Crippen LogP contribution in [0, 0.1) is 11.3 Å². The van der Waals surface area contributed by atoms with E-state index in [0.717, 1.165) is 16.7 Å². The highest BCUT2D eigenvalue weighted by molar-refractivity contribution is 7.44. The predicted octanol–water partition coefficient (Wildman–Crippen LogP) is 8.84. The van der Waals surface area contributed by atoms with Crippen LogP contribution in [0.5, 0.6) is 11.5 Å². The number of amides is 1. The molecular weight excluding hydrogens is 1000 g/mol. The number of hydrogen-bond acceptors (Lipinski definition) is 14. The number of carbonyl (C=O) groups excluding carboxylic acids is 3. The fraction of sp³-hybridized carbons (Fsp3) is 0.356. The zero-order valence-electron chi connectivity index (χ0n) is 44.2. The van der Waals surface area contributed by atoms with Gasteiger partial charge in [-0.2, -0.15) is 5.26 Å². The van der Waals surface area contributed by atoms with E-state index in [0.29, 0.717) is 65.4 Å². The summed E-state index contributed by atoms with van der Waals surface area (Å²) < 4.78 is 42.0. The average molecular weight is 1070 g/mol. The molecule has 77 heavy (non-hydrogen) atoms. The Kier molecular flexibility index (Phi) is 18.7. The quantitative estimate of drug-likeness (QED) is 0.0277. The number of ether oxygens (including phenoxy) is 4. The van der Waals surface area contributed by atoms with Crippen molar-refractivity contribution < 1.29 is 42.4 Å². The summed E-state index contributed by atoms with van der Waals surface area (Å²) in [5.41, 5.74) is 1.82. The molecule has 1 fully saturated rings. The van der Waals surface area contributed by atoms with E-state index in [9.17, 15) is 29.2 Å². The van der Waals surface area contributed by atoms with Crippen molar-refractivity contribution in [2.24, 2.45) is 0 Å². The van der Waals surface area contributed by atoms with Crippen molar-refractivity contribution in [3.63, 3.8) is 0 Å². The third kappa shape index (κ3) is 12.6. The summed E-state index contributed by atoms with van der Waals surface area (Å²) in [5, 5.41) is 15.7. The number of ketones is 2. The van der Waals surface area contributed by atoms with Crippen LogP contribution in [-0.2, 0) is 35.3 Å². The number of carbonyl (C=O) groups is 3. The van der Waals surface area contributed by atoms with Crippen molar-refractivity contribution in [2.45, 2.75) is 95.9 Å². The SMILES string of the molecule is COc1ccc(C(OC[C@H]2O[C@@H](n3cc(CC(=O)NCCCCNc4cccc5c4C(=O)c4ccccc4C5=O)c(=O)[nH]c3=O)C[C@@H]2OP(OCCC#N)N(C(C)C)C(C)C)(c2ccccc2)c2ccc(OC)cc2)cc1. The van der Waals surface area contributed by atoms with Crippen LogP contribution in [0.1, 0.15) is 114 Å². The molecule has 2 heterocycles. The molecule has 4 atom stereocenters. The maximum Gasteiger partial charge on any atom is 0.330 e. The van der Waals surface area contributed by atoms with Crippen molar-refractivity contribution >= 4 is 31.7 Å². The van der Waals surface area contributed by atoms with Gasteiger partial charge >= 0.3 is 5.69 Å². The maximum absolute atomic E-state index is 13.8. The molecule has 0 bridgehead atoms. The molecule has 17 nitrogen and oxygen atoms in total. The van der Waals surface area contributed by atoms with E-state index in [2.05, 4.69) is 26.4 Å². The highest BCUT2D eigenvalue weighted by Gasteiger charge is 2.45. The number of nitriles is 1. The number of aromatic nitrogens is 2. The van der Waals surface area contributed by atoms with Crippen molar-refractivity contribution in [2.75, 3.05) is 45.8 Å². The maximum atomic E-state index is 13.8. The summed E-state index contributed by atoms with van der Waals surface area (Å²) in [4.78, 5) is 69.7. The van der Waals surface area contributed by atoms with Gasteiger partial charge in [0, 0.05) is 65.7 Å². The van der Waals surface area contributed by atoms with Gasteiger partial charge in [0.15, 0.2) is 11.6 Å². The van der Waals surface area contributed by atoms with Crippen LogP contribution < -0.4 is 31.4 Å². The molecule has 1 aliphatic heterocycles. The smallest absolute Gasteiger partial charge is 0.330 e. The lowest BCUT2D eigenvalue weighted by atomic mass is 9.80. The minimum atomic E-state index is -1.80. The molecule has 8 rings (SSSR count). The van der Waals surface area contributed by atoms with Crippen LogP contribution in [0.3, 0.4) is 0 Å². The number of benzene rings is 5. The molecule has 18 heteroatoms. The van der Waals surface area contributed by atoms with Crippen LogP contribution >= 0.6 is 8.53 Å². The Balaban J connectivity index is 1.01. The highest BCUT2D eigenvalue weighted by Crippen LogP contribution is 2.51. The second-order valence-electron chi connectivity index (χ2n) is 19.3. The summed E-state index contributed by atoms with van der Waals surface area (Å²) in [6.45, 7) is 8.98. The number of nitrogens with zero attached hydrogens (tertiary/aromatic N) is 3. The van der Waals surface area contributed by atoms with E-state index in [-0.39, 0.29) is 61.7 Å². The Labute approximate surface area is 449 Å². The molecule has 1 amide bonds. The summed E-state index contributed by atoms with van der Waals surface area (Å²) in [6, 6.07) is 39.2. The van der Waals surface area contributed by atoms with Gasteiger partial charge in [-0.25, -0.2) is 9.46 Å². The van der Waals surface area contributed by atoms with Gasteiger partial charge in [0.05, 0.1) is 58.0 Å². The lowest BCUT2D eigenvalue weighted by Gasteiger charge is -2.39. The first-order valence-electron chi connectivity index (χ1n) is 25.8. The van der Waals surface area contributed by atoms with Crippen LogP contribution in [0.25, 0.3) is 0 Å². The molecule has 3 N–H and O–H groups in total. The van der Waals surface area contributed by atoms with Crippen molar-refractivity contribution in [3.05, 3.63) is 193 Å². The Morgan fingerprint density at radius 2 is 1.39 bits per heavy atom. The molecule has 0 saturated carbocycles. The summed E-state index contributed by atoms with van der Waals surface area (Å²) >= 11 is 0. The average Bonchev–Trinajstić information content (AvgIpc) is 3.85. The Hall–Kier alpha value is -7.29. The minimum absolute atomic E-state index is 0.0159. The summed E-state index contributed by atoms with van der Waals surface area (Å²) in [7, 11) is 1.41. The second kappa shape index (κ2) is 25.7. The van der Waals surface area contributed by atoms with E-state index < -0.39 is 49.7 Å². The second-order valence-corrected chi connectivity index (χ2v) is 20.7. The van der Waals surface area contributed by atoms with Gasteiger partial charge in [-0.15, -0.1) is 0 Å². The van der Waals surface area contributed by atoms with Gasteiger partial charge in [-0.3, -0.25) is 28.7 Å². The fourth-order valence-corrected chi connectivity index (χ4v) is 11.7. The fourth-order valence-electron chi connectivity index (χ4n) is 9.92. The summed E-state index contributed by atoms with van der Waals surface area (Å²) in [5.74, 6) is 0.488. The van der Waals surface area contributed by atoms with E-state index in [1.165, 1.54) is 10.8 Å². The molecule has 1 unspecified atom stereocenters. The molecule has 5 aromatic carbocycles. The molecule has 1 aromatic heterocycles. The van der Waals surface area contributed by atoms with Crippen LogP contribution in [0.4, 0.5) is 5.69 Å². The van der Waals surface area contributed by atoms with Crippen molar-refractivity contribution in [1.82, 2.24) is 19.5 Å². The molecule has 1 aliphatic carbocycles. The molecule has 402 valence electrons. The zero-order valence-corrected chi connectivity index (χ0v) is 45.0. The van der Waals surface area contributed by atoms with Gasteiger partial charge < -0.3 is 38.6 Å². The van der Waals surface area contributed by atoms with Gasteiger partial charge in [0.25, 0.3) is 14.1 Å². The highest BCUT2D eigenvalue weighted by atomic mass is 31.2. The van der Waals surface area contributed by atoms with Gasteiger partial charge in [0.2, 0.25) is 5.91 Å². The van der Waals surface area contributed by atoms with Crippen LogP contribution in [0.15, 0.2) is 137 Å². The molecule has 0 spiro atoms. The number of fused-ring (bicyclic) bond motifs is 2. The number of methoxy groups -OCH3 is 2. The first kappa shape index (κ1) is 55.9. The minimum Gasteiger partial charge on any atom is -0.497 e. The lowest BCUT2D eigenvalue weighted by Crippen LogP contribution is -2.39. The number of aromatic amines is 1. The topological polar surface area (TPSA) is 213 Å². The number of H-pyrrole nitrogens is 1. The number of unbranched alkanes of at least 4 members (excludes halogenated alkanes) is 1. The van der Waals surface area contributed by atoms with E-state index in [1.807, 2.05) is 107 Å². The van der Waals surface area contributed by atoms with Crippen molar-refractivity contribution in [1.29, 1.82) is 5.26 Å². The standard InChI is InChI=1S/C59H65N6O11P/c1-38(2)65(39(3)4)77(74-33-15-30-60)76-50-35-53(75-51(50)37-73-59(41-16-8-7-9-17-41,42-22-26-44(71-5)27-23-42)43-24-28-45(72-6)29-25-43)64-36-40(57(69)63-58(64)70)34-52(66)62-32-13-12-31-61-49-21-14-20-48-54(49)56(68)47-19-11-10-18-46(47)55(48)67/h7-11,14,16-29,36,38-39,50-51,53,61H,12-13,15,31-35,37H2,1-6H3,(H,62,66)(H,63,69,70)/t50-,51+,53+,77?/m0/s1. The van der Waals surface area contributed by atoms with Crippen LogP contribution in [0.2, 0.25) is 0 Å². The largest absolute Gasteiger partial charge is 0.497 e. The van der Waals surface area contributed by atoms with Gasteiger partial charge in [-0.05, 0) is 87.6 Å². The van der Waals surface area contributed by atoms with Crippen LogP contribution in [-0.4, -0.2) is 96.5 Å². The first-order valence-corrected chi connectivity index (χ1v) is 27.0. The number of rotatable bonds is 25. The summed E-state index contributed by atoms with van der Waals surface area (Å²) in [6.07, 6.45) is -0.0756. The molecule has 6 aromatic rings. The molecule has 2 aliphatic rings. The third-order valence-corrected chi connectivity index (χ3v) is 15.8. The Morgan fingerprint density at radius 3 is 2.01 bits per heavy atom. The third-order valence-electron chi connectivity index (χ3n) is 13.6. The number of anilines is 1. The number of hydrogen-bond donors (Lipinski definition) is 3. The normalized spacial score (nSPS) is 16.5. The zero-order chi connectivity index (χ0) is 54.6. The monoisotopic (exact) mass is 1060 g/mol. The molecule has 0 radical (unpaired) electrons. The van der Waals surface area contributed by atoms with E-state index in [4.69, 9.17) is 28.0 Å². The van der Waals surface area contributed by atoms with Crippen molar-refractivity contribution in [3.8, 4) is 17.6 Å². The van der Waals surface area contributed by atoms with Gasteiger partial charge in [-0.1, -0.05) is 91.0 Å². The Bertz CT molecular complexity index is 3120. The molecule has 1 saturated heterocycles. The predicted molar refractivity (Wildman–Crippen MR) is 292 cm³/mol. The Morgan fingerprint density at radius 1 is 0.792 bits per heavy atom. The number of nitrogens with one attached hydrogen (secondary N) is 3. The lowest BCUT2D eigenvalue weighted by molar-refractivity contribution is -0.120.